The molecule has 0 bridgehead atoms. The fraction of sp³-hybridized carbons (Fsp3) is 0.714. The molecule has 0 spiro atoms. The second-order valence-corrected chi connectivity index (χ2v) is 10.1. The third-order valence-electron chi connectivity index (χ3n) is 5.56. The molecule has 1 saturated heterocycles. The van der Waals surface area contributed by atoms with Crippen molar-refractivity contribution >= 4 is 28.3 Å². The highest BCUT2D eigenvalue weighted by Crippen LogP contribution is 2.28. The number of amides is 2. The van der Waals surface area contributed by atoms with Crippen LogP contribution in [0.1, 0.15) is 70.7 Å². The SMILES string of the molecule is CC(C)(C)c1nnc(NC(=O)/C=C/[C@H](CC2CCCCC2)NC(=O)C2CCN2)s1. The maximum Gasteiger partial charge on any atom is 0.249 e. The molecule has 2 aliphatic rings. The molecule has 1 saturated carbocycles. The van der Waals surface area contributed by atoms with E-state index in [1.165, 1.54) is 49.5 Å². The van der Waals surface area contributed by atoms with E-state index in [0.717, 1.165) is 24.4 Å². The van der Waals surface area contributed by atoms with Gasteiger partial charge in [-0.05, 0) is 25.3 Å². The molecule has 1 aromatic heterocycles. The minimum atomic E-state index is -0.244. The minimum absolute atomic E-state index is 0.0288. The molecule has 1 aliphatic heterocycles. The number of carbonyl (C=O) groups is 2. The smallest absolute Gasteiger partial charge is 0.249 e. The van der Waals surface area contributed by atoms with Gasteiger partial charge in [-0.3, -0.25) is 14.9 Å². The number of nitrogens with one attached hydrogen (secondary N) is 3. The number of hydrogen-bond donors (Lipinski definition) is 3. The average Bonchev–Trinajstić information content (AvgIpc) is 3.08. The molecule has 2 heterocycles. The normalized spacial score (nSPS) is 21.6. The molecule has 1 aliphatic carbocycles. The summed E-state index contributed by atoms with van der Waals surface area (Å²) in [5.74, 6) is 0.390. The molecule has 3 N–H and O–H groups in total. The summed E-state index contributed by atoms with van der Waals surface area (Å²) >= 11 is 1.39. The van der Waals surface area contributed by atoms with Gasteiger partial charge in [0, 0.05) is 17.5 Å². The summed E-state index contributed by atoms with van der Waals surface area (Å²) in [6, 6.07) is -0.221. The summed E-state index contributed by atoms with van der Waals surface area (Å²) in [6.45, 7) is 7.08. The van der Waals surface area contributed by atoms with Crippen LogP contribution in [0.5, 0.6) is 0 Å². The Bertz CT molecular complexity index is 730. The summed E-state index contributed by atoms with van der Waals surface area (Å²) < 4.78 is 0. The third kappa shape index (κ3) is 6.60. The number of nitrogens with zero attached hydrogens (tertiary/aromatic N) is 2. The molecule has 0 aromatic carbocycles. The van der Waals surface area contributed by atoms with E-state index in [9.17, 15) is 9.59 Å². The zero-order valence-electron chi connectivity index (χ0n) is 17.7. The minimum Gasteiger partial charge on any atom is -0.349 e. The van der Waals surface area contributed by atoms with Crippen LogP contribution in [0, 0.1) is 5.92 Å². The third-order valence-corrected chi connectivity index (χ3v) is 6.82. The van der Waals surface area contributed by atoms with E-state index in [2.05, 4.69) is 46.9 Å². The van der Waals surface area contributed by atoms with Crippen molar-refractivity contribution in [3.63, 3.8) is 0 Å². The Morgan fingerprint density at radius 2 is 1.93 bits per heavy atom. The predicted octanol–water partition coefficient (Wildman–Crippen LogP) is 3.15. The number of anilines is 1. The highest BCUT2D eigenvalue weighted by molar-refractivity contribution is 7.15. The molecule has 7 nitrogen and oxygen atoms in total. The lowest BCUT2D eigenvalue weighted by Gasteiger charge is -2.30. The first-order valence-corrected chi connectivity index (χ1v) is 11.5. The second kappa shape index (κ2) is 9.80. The zero-order valence-corrected chi connectivity index (χ0v) is 18.5. The van der Waals surface area contributed by atoms with Gasteiger partial charge in [-0.1, -0.05) is 70.3 Å². The quantitative estimate of drug-likeness (QED) is 0.590. The first-order chi connectivity index (χ1) is 13.8. The second-order valence-electron chi connectivity index (χ2n) is 9.16. The number of rotatable bonds is 7. The van der Waals surface area contributed by atoms with E-state index in [0.29, 0.717) is 11.0 Å². The molecule has 0 radical (unpaired) electrons. The molecular weight excluding hydrogens is 386 g/mol. The molecule has 2 amide bonds. The van der Waals surface area contributed by atoms with E-state index >= 15 is 0 Å². The summed E-state index contributed by atoms with van der Waals surface area (Å²) in [5.41, 5.74) is -0.0958. The Morgan fingerprint density at radius 1 is 1.21 bits per heavy atom. The van der Waals surface area contributed by atoms with Crippen LogP contribution in [-0.2, 0) is 15.0 Å². The van der Waals surface area contributed by atoms with Crippen LogP contribution >= 0.6 is 11.3 Å². The fourth-order valence-corrected chi connectivity index (χ4v) is 4.50. The molecule has 1 aromatic rings. The number of hydrogen-bond acceptors (Lipinski definition) is 6. The molecular formula is C21H33N5O2S. The van der Waals surface area contributed by atoms with Crippen LogP contribution in [0.25, 0.3) is 0 Å². The maximum absolute atomic E-state index is 12.4. The molecule has 2 fully saturated rings. The van der Waals surface area contributed by atoms with E-state index < -0.39 is 0 Å². The van der Waals surface area contributed by atoms with E-state index in [1.807, 2.05) is 6.08 Å². The fourth-order valence-electron chi connectivity index (χ4n) is 3.69. The molecule has 29 heavy (non-hydrogen) atoms. The number of carbonyl (C=O) groups excluding carboxylic acids is 2. The first kappa shape index (κ1) is 21.9. The summed E-state index contributed by atoms with van der Waals surface area (Å²) in [7, 11) is 0. The molecule has 160 valence electrons. The highest BCUT2D eigenvalue weighted by Gasteiger charge is 2.27. The van der Waals surface area contributed by atoms with E-state index in [1.54, 1.807) is 0 Å². The van der Waals surface area contributed by atoms with Gasteiger partial charge in [-0.25, -0.2) is 0 Å². The molecule has 8 heteroatoms. The first-order valence-electron chi connectivity index (χ1n) is 10.7. The van der Waals surface area contributed by atoms with Crippen molar-refractivity contribution in [1.82, 2.24) is 20.8 Å². The van der Waals surface area contributed by atoms with Crippen LogP contribution in [0.2, 0.25) is 0 Å². The van der Waals surface area contributed by atoms with Gasteiger partial charge in [0.25, 0.3) is 0 Å². The van der Waals surface area contributed by atoms with Crippen molar-refractivity contribution < 1.29 is 9.59 Å². The number of aromatic nitrogens is 2. The Labute approximate surface area is 177 Å². The average molecular weight is 420 g/mol. The highest BCUT2D eigenvalue weighted by atomic mass is 32.1. The summed E-state index contributed by atoms with van der Waals surface area (Å²) in [6.07, 6.45) is 11.3. The van der Waals surface area contributed by atoms with Crippen LogP contribution in [0.15, 0.2) is 12.2 Å². The van der Waals surface area contributed by atoms with Crippen molar-refractivity contribution in [3.05, 3.63) is 17.2 Å². The Kier molecular flexibility index (Phi) is 7.40. The van der Waals surface area contributed by atoms with Gasteiger partial charge < -0.3 is 10.6 Å². The lowest BCUT2D eigenvalue weighted by Crippen LogP contribution is -2.55. The van der Waals surface area contributed by atoms with Gasteiger partial charge in [0.15, 0.2) is 0 Å². The van der Waals surface area contributed by atoms with Gasteiger partial charge in [0.1, 0.15) is 5.01 Å². The van der Waals surface area contributed by atoms with Crippen molar-refractivity contribution in [1.29, 1.82) is 0 Å². The maximum atomic E-state index is 12.4. The topological polar surface area (TPSA) is 96.0 Å². The molecule has 3 rings (SSSR count). The van der Waals surface area contributed by atoms with Crippen LogP contribution in [0.4, 0.5) is 5.13 Å². The van der Waals surface area contributed by atoms with Gasteiger partial charge in [0.05, 0.1) is 6.04 Å². The predicted molar refractivity (Wildman–Crippen MR) is 116 cm³/mol. The van der Waals surface area contributed by atoms with Crippen molar-refractivity contribution in [3.8, 4) is 0 Å². The van der Waals surface area contributed by atoms with Crippen LogP contribution in [-0.4, -0.2) is 40.6 Å². The largest absolute Gasteiger partial charge is 0.349 e. The van der Waals surface area contributed by atoms with Gasteiger partial charge in [0.2, 0.25) is 16.9 Å². The summed E-state index contributed by atoms with van der Waals surface area (Å²) in [5, 5.41) is 18.6. The Hall–Kier alpha value is -1.80. The van der Waals surface area contributed by atoms with Gasteiger partial charge >= 0.3 is 0 Å². The Morgan fingerprint density at radius 3 is 2.52 bits per heavy atom. The lowest BCUT2D eigenvalue weighted by molar-refractivity contribution is -0.125. The lowest BCUT2D eigenvalue weighted by atomic mass is 9.84. The van der Waals surface area contributed by atoms with Gasteiger partial charge in [-0.15, -0.1) is 10.2 Å². The van der Waals surface area contributed by atoms with E-state index in [-0.39, 0.29) is 29.3 Å². The van der Waals surface area contributed by atoms with Crippen LogP contribution < -0.4 is 16.0 Å². The van der Waals surface area contributed by atoms with Gasteiger partial charge in [-0.2, -0.15) is 0 Å². The molecule has 2 atom stereocenters. The van der Waals surface area contributed by atoms with E-state index in [4.69, 9.17) is 0 Å². The standard InChI is InChI=1S/C21H33N5O2S/c1-21(2,3)19-25-26-20(29-19)24-17(27)10-9-15(13-14-7-5-4-6-8-14)23-18(28)16-11-12-22-16/h9-10,14-16,22H,4-8,11-13H2,1-3H3,(H,23,28)(H,24,26,27)/b10-9+/t15-,16?/m1/s1. The monoisotopic (exact) mass is 419 g/mol. The summed E-state index contributed by atoms with van der Waals surface area (Å²) in [4.78, 5) is 24.8. The van der Waals surface area contributed by atoms with Crippen LogP contribution in [0.3, 0.4) is 0 Å². The van der Waals surface area contributed by atoms with Crippen molar-refractivity contribution in [2.75, 3.05) is 11.9 Å². The van der Waals surface area contributed by atoms with Crippen molar-refractivity contribution in [2.45, 2.75) is 83.2 Å². The van der Waals surface area contributed by atoms with Crippen molar-refractivity contribution in [2.24, 2.45) is 5.92 Å². The zero-order chi connectivity index (χ0) is 20.9. The molecule has 1 unspecified atom stereocenters. The Balaban J connectivity index is 1.58.